The van der Waals surface area contributed by atoms with Crippen LogP contribution in [0.5, 0.6) is 5.75 Å². The number of aliphatic hydroxyl groups is 1. The minimum Gasteiger partial charge on any atom is -0.493 e. The summed E-state index contributed by atoms with van der Waals surface area (Å²) in [6.45, 7) is 7.06. The van der Waals surface area contributed by atoms with E-state index in [-0.39, 0.29) is 17.5 Å². The van der Waals surface area contributed by atoms with Crippen LogP contribution in [0.2, 0.25) is 0 Å². The first-order valence-corrected chi connectivity index (χ1v) is 12.9. The number of aromatic nitrogens is 2. The van der Waals surface area contributed by atoms with Crippen LogP contribution in [-0.4, -0.2) is 73.3 Å². The van der Waals surface area contributed by atoms with Gasteiger partial charge in [0.1, 0.15) is 11.6 Å². The fraction of sp³-hybridized carbons (Fsp3) is 0.545. The fourth-order valence-corrected chi connectivity index (χ4v) is 5.36. The molecule has 0 saturated carbocycles. The maximum atomic E-state index is 13.1. The normalized spacial score (nSPS) is 16.6. The summed E-state index contributed by atoms with van der Waals surface area (Å²) in [6.07, 6.45) is 2.49. The Morgan fingerprint density at radius 2 is 2.12 bits per heavy atom. The van der Waals surface area contributed by atoms with Crippen molar-refractivity contribution in [1.82, 2.24) is 19.8 Å². The van der Waals surface area contributed by atoms with Gasteiger partial charge in [0.15, 0.2) is 0 Å². The van der Waals surface area contributed by atoms with Gasteiger partial charge < -0.3 is 15.2 Å². The van der Waals surface area contributed by atoms with Gasteiger partial charge in [-0.3, -0.25) is 15.0 Å². The van der Waals surface area contributed by atoms with E-state index in [1.807, 2.05) is 6.92 Å². The Hall–Kier alpha value is -2.47. The van der Waals surface area contributed by atoms with Gasteiger partial charge in [0.25, 0.3) is 0 Å². The number of likely N-dealkylation sites (tertiary alicyclic amines) is 1. The van der Waals surface area contributed by atoms with Crippen LogP contribution in [0.15, 0.2) is 28.1 Å². The molecule has 0 bridgehead atoms. The van der Waals surface area contributed by atoms with Crippen LogP contribution in [0.3, 0.4) is 0 Å². The average Bonchev–Trinajstić information content (AvgIpc) is 3.18. The number of rotatable bonds is 11. The summed E-state index contributed by atoms with van der Waals surface area (Å²) in [5.74, 6) is 1.14. The van der Waals surface area contributed by atoms with E-state index < -0.39 is 10.0 Å². The lowest BCUT2D eigenvalue weighted by molar-refractivity contribution is 0.128. The Bertz CT molecular complexity index is 1110. The number of aryl methyl sites for hydroxylation is 1. The zero-order chi connectivity index (χ0) is 23.4. The lowest BCUT2D eigenvalue weighted by atomic mass is 10.1. The molecule has 1 aromatic heterocycles. The number of hydrogen-bond acceptors (Lipinski definition) is 8. The third-order valence-electron chi connectivity index (χ3n) is 5.77. The van der Waals surface area contributed by atoms with Crippen LogP contribution >= 0.6 is 0 Å². The molecule has 3 heterocycles. The van der Waals surface area contributed by atoms with Crippen molar-refractivity contribution in [3.63, 3.8) is 0 Å². The van der Waals surface area contributed by atoms with Crippen molar-refractivity contribution in [1.29, 1.82) is 0 Å². The number of H-pyrrole nitrogens is 1. The van der Waals surface area contributed by atoms with Crippen LogP contribution in [0, 0.1) is 0 Å². The summed E-state index contributed by atoms with van der Waals surface area (Å²) in [5.41, 5.74) is 3.38. The smallest absolute Gasteiger partial charge is 0.240 e. The topological polar surface area (TPSA) is 132 Å². The van der Waals surface area contributed by atoms with Crippen molar-refractivity contribution < 1.29 is 18.3 Å². The van der Waals surface area contributed by atoms with Gasteiger partial charge in [0, 0.05) is 32.3 Å². The van der Waals surface area contributed by atoms with Crippen molar-refractivity contribution in [2.75, 3.05) is 38.2 Å². The van der Waals surface area contributed by atoms with E-state index in [0.29, 0.717) is 49.8 Å². The number of amidine groups is 1. The maximum absolute atomic E-state index is 13.1. The molecule has 2 aromatic rings. The van der Waals surface area contributed by atoms with E-state index in [1.165, 1.54) is 0 Å². The molecule has 180 valence electrons. The molecule has 0 amide bonds. The molecule has 0 aliphatic carbocycles. The van der Waals surface area contributed by atoms with Gasteiger partial charge >= 0.3 is 0 Å². The molecule has 2 aliphatic heterocycles. The second-order valence-corrected chi connectivity index (χ2v) is 10.0. The van der Waals surface area contributed by atoms with Gasteiger partial charge in [-0.05, 0) is 38.0 Å². The largest absolute Gasteiger partial charge is 0.493 e. The van der Waals surface area contributed by atoms with Crippen LogP contribution in [0.25, 0.3) is 0 Å². The van der Waals surface area contributed by atoms with Gasteiger partial charge in [-0.1, -0.05) is 13.3 Å². The number of benzene rings is 1. The zero-order valence-corrected chi connectivity index (χ0v) is 19.9. The number of sulfonamides is 1. The summed E-state index contributed by atoms with van der Waals surface area (Å²) in [7, 11) is -3.71. The highest BCUT2D eigenvalue weighted by Crippen LogP contribution is 2.30. The lowest BCUT2D eigenvalue weighted by Gasteiger charge is -2.39. The van der Waals surface area contributed by atoms with Crippen LogP contribution in [0.4, 0.5) is 5.69 Å². The zero-order valence-electron chi connectivity index (χ0n) is 19.1. The third kappa shape index (κ3) is 5.21. The fourth-order valence-electron chi connectivity index (χ4n) is 4.12. The van der Waals surface area contributed by atoms with Gasteiger partial charge in [0.2, 0.25) is 10.0 Å². The number of aromatic amines is 1. The monoisotopic (exact) mass is 476 g/mol. The highest BCUT2D eigenvalue weighted by molar-refractivity contribution is 7.89. The molecule has 1 aromatic carbocycles. The summed E-state index contributed by atoms with van der Waals surface area (Å²) in [5, 5.41) is 19.7. The average molecular weight is 477 g/mol. The predicted molar refractivity (Wildman–Crippen MR) is 126 cm³/mol. The van der Waals surface area contributed by atoms with Crippen LogP contribution in [-0.2, 0) is 23.0 Å². The van der Waals surface area contributed by atoms with Crippen LogP contribution in [0.1, 0.15) is 43.6 Å². The molecule has 0 radical (unpaired) electrons. The molecule has 10 nitrogen and oxygen atoms in total. The molecule has 0 spiro atoms. The number of aliphatic imine (C=N–C) groups is 1. The van der Waals surface area contributed by atoms with Crippen molar-refractivity contribution in [2.24, 2.45) is 4.99 Å². The Kier molecular flexibility index (Phi) is 7.32. The molecular formula is C22H32N6O4S. The summed E-state index contributed by atoms with van der Waals surface area (Å²) in [6, 6.07) is 4.73. The maximum Gasteiger partial charge on any atom is 0.240 e. The van der Waals surface area contributed by atoms with Gasteiger partial charge in [-0.2, -0.15) is 5.10 Å². The van der Waals surface area contributed by atoms with E-state index in [9.17, 15) is 8.42 Å². The first-order valence-electron chi connectivity index (χ1n) is 11.5. The van der Waals surface area contributed by atoms with Gasteiger partial charge in [0.05, 0.1) is 40.7 Å². The number of anilines is 1. The van der Waals surface area contributed by atoms with E-state index >= 15 is 0 Å². The molecule has 4 rings (SSSR count). The summed E-state index contributed by atoms with van der Waals surface area (Å²) in [4.78, 5) is 6.91. The molecule has 11 heteroatoms. The molecule has 2 aliphatic rings. The third-order valence-corrected chi connectivity index (χ3v) is 7.29. The second kappa shape index (κ2) is 10.2. The van der Waals surface area contributed by atoms with E-state index in [2.05, 4.69) is 37.1 Å². The number of hydrogen-bond donors (Lipinski definition) is 4. The number of fused-ring (bicyclic) bond motifs is 1. The molecular weight excluding hydrogens is 444 g/mol. The molecule has 4 N–H and O–H groups in total. The SMILES string of the molecule is CCCc1n[nH]c2c1NC(c1cc(S(=O)(=O)NC3CN(CCCO)C3)ccc1OCC)=NC2. The number of ether oxygens (including phenoxy) is 1. The van der Waals surface area contributed by atoms with E-state index in [0.717, 1.165) is 36.5 Å². The molecule has 1 fully saturated rings. The summed E-state index contributed by atoms with van der Waals surface area (Å²) >= 11 is 0. The highest BCUT2D eigenvalue weighted by atomic mass is 32.2. The second-order valence-electron chi connectivity index (χ2n) is 8.31. The van der Waals surface area contributed by atoms with E-state index in [4.69, 9.17) is 9.84 Å². The van der Waals surface area contributed by atoms with Crippen molar-refractivity contribution in [3.05, 3.63) is 35.2 Å². The minimum absolute atomic E-state index is 0.139. The Morgan fingerprint density at radius 3 is 2.85 bits per heavy atom. The number of nitrogens with one attached hydrogen (secondary N) is 3. The predicted octanol–water partition coefficient (Wildman–Crippen LogP) is 1.48. The Morgan fingerprint density at radius 1 is 1.30 bits per heavy atom. The standard InChI is InChI=1S/C22H32N6O4S/c1-3-6-18-21-19(26-25-18)12-23-22(24-21)17-11-16(7-8-20(17)32-4-2)33(30,31)27-15-13-28(14-15)9-5-10-29/h7-8,11,15,27,29H,3-6,9-10,12-14H2,1-2H3,(H,23,24)(H,25,26). The molecule has 33 heavy (non-hydrogen) atoms. The number of aliphatic hydroxyl groups excluding tert-OH is 1. The van der Waals surface area contributed by atoms with Crippen molar-refractivity contribution in [2.45, 2.75) is 50.6 Å². The van der Waals surface area contributed by atoms with Gasteiger partial charge in [-0.15, -0.1) is 0 Å². The Labute approximate surface area is 194 Å². The quantitative estimate of drug-likeness (QED) is 0.386. The summed E-state index contributed by atoms with van der Waals surface area (Å²) < 4.78 is 34.7. The van der Waals surface area contributed by atoms with Crippen LogP contribution < -0.4 is 14.8 Å². The highest BCUT2D eigenvalue weighted by Gasteiger charge is 2.31. The first kappa shape index (κ1) is 23.7. The van der Waals surface area contributed by atoms with Gasteiger partial charge in [-0.25, -0.2) is 13.1 Å². The van der Waals surface area contributed by atoms with Crippen molar-refractivity contribution in [3.8, 4) is 5.75 Å². The first-order chi connectivity index (χ1) is 15.9. The molecule has 0 atom stereocenters. The molecule has 0 unspecified atom stereocenters. The van der Waals surface area contributed by atoms with E-state index in [1.54, 1.807) is 18.2 Å². The minimum atomic E-state index is -3.71. The number of nitrogens with zero attached hydrogens (tertiary/aromatic N) is 3. The lowest BCUT2D eigenvalue weighted by Crippen LogP contribution is -2.59. The van der Waals surface area contributed by atoms with Crippen molar-refractivity contribution >= 4 is 21.5 Å². The Balaban J connectivity index is 1.55. The molecule has 1 saturated heterocycles.